The van der Waals surface area contributed by atoms with Crippen molar-refractivity contribution in [3.05, 3.63) is 28.8 Å². The van der Waals surface area contributed by atoms with Gasteiger partial charge in [-0.25, -0.2) is 0 Å². The van der Waals surface area contributed by atoms with Gasteiger partial charge in [0.15, 0.2) is 0 Å². The molecule has 1 fully saturated rings. The van der Waals surface area contributed by atoms with Crippen molar-refractivity contribution >= 4 is 0 Å². The average Bonchev–Trinajstić information content (AvgIpc) is 2.72. The maximum Gasteiger partial charge on any atom is 0.123 e. The first-order valence-electron chi connectivity index (χ1n) is 6.26. The van der Waals surface area contributed by atoms with Crippen LogP contribution in [-0.2, 0) is 0 Å². The topological polar surface area (TPSA) is 33.0 Å². The second-order valence-corrected chi connectivity index (χ2v) is 5.03. The molecule has 1 saturated carbocycles. The number of hydrogen-bond acceptors (Lipinski definition) is 2. The Hall–Kier alpha value is -1.49. The quantitative estimate of drug-likeness (QED) is 0.775. The van der Waals surface area contributed by atoms with Crippen LogP contribution in [0, 0.1) is 38.0 Å². The lowest BCUT2D eigenvalue weighted by Crippen LogP contribution is -2.20. The summed E-state index contributed by atoms with van der Waals surface area (Å²) in [4.78, 5) is 0. The highest BCUT2D eigenvalue weighted by Crippen LogP contribution is 2.32. The highest BCUT2D eigenvalue weighted by Gasteiger charge is 2.29. The SMILES string of the molecule is Cc1cc(C)c(C)c(OC2CCCC2C#N)c1. The van der Waals surface area contributed by atoms with Crippen molar-refractivity contribution in [3.8, 4) is 11.8 Å². The van der Waals surface area contributed by atoms with Crippen molar-refractivity contribution in [1.82, 2.24) is 0 Å². The van der Waals surface area contributed by atoms with E-state index in [1.165, 1.54) is 16.7 Å². The maximum atomic E-state index is 9.06. The minimum Gasteiger partial charge on any atom is -0.489 e. The van der Waals surface area contributed by atoms with Crippen molar-refractivity contribution in [2.75, 3.05) is 0 Å². The lowest BCUT2D eigenvalue weighted by Gasteiger charge is -2.19. The maximum absolute atomic E-state index is 9.06. The van der Waals surface area contributed by atoms with Crippen LogP contribution < -0.4 is 4.74 Å². The van der Waals surface area contributed by atoms with Crippen LogP contribution in [-0.4, -0.2) is 6.10 Å². The smallest absolute Gasteiger partial charge is 0.123 e. The predicted molar refractivity (Wildman–Crippen MR) is 68.0 cm³/mol. The molecule has 0 heterocycles. The Kier molecular flexibility index (Phi) is 3.38. The number of aryl methyl sites for hydroxylation is 2. The summed E-state index contributed by atoms with van der Waals surface area (Å²) in [5.74, 6) is 1.02. The molecular formula is C15H19NO. The largest absolute Gasteiger partial charge is 0.489 e. The van der Waals surface area contributed by atoms with Crippen LogP contribution in [0.3, 0.4) is 0 Å². The van der Waals surface area contributed by atoms with Crippen LogP contribution >= 0.6 is 0 Å². The summed E-state index contributed by atoms with van der Waals surface area (Å²) in [5, 5.41) is 9.06. The van der Waals surface area contributed by atoms with E-state index in [1.807, 2.05) is 0 Å². The second-order valence-electron chi connectivity index (χ2n) is 5.03. The van der Waals surface area contributed by atoms with Crippen molar-refractivity contribution in [2.24, 2.45) is 5.92 Å². The van der Waals surface area contributed by atoms with E-state index in [9.17, 15) is 0 Å². The minimum atomic E-state index is 0.0650. The Labute approximate surface area is 103 Å². The normalized spacial score (nSPS) is 23.4. The van der Waals surface area contributed by atoms with E-state index in [1.54, 1.807) is 0 Å². The summed E-state index contributed by atoms with van der Waals surface area (Å²) in [6, 6.07) is 6.60. The first kappa shape index (κ1) is 12.0. The molecule has 0 bridgehead atoms. The summed E-state index contributed by atoms with van der Waals surface area (Å²) < 4.78 is 6.05. The zero-order chi connectivity index (χ0) is 12.4. The summed E-state index contributed by atoms with van der Waals surface area (Å²) in [6.07, 6.45) is 3.17. The molecule has 1 aromatic carbocycles. The van der Waals surface area contributed by atoms with Gasteiger partial charge in [-0.3, -0.25) is 0 Å². The van der Waals surface area contributed by atoms with E-state index in [0.29, 0.717) is 0 Å². The Morgan fingerprint density at radius 2 is 2.00 bits per heavy atom. The molecule has 0 saturated heterocycles. The van der Waals surface area contributed by atoms with Gasteiger partial charge in [0.2, 0.25) is 0 Å². The van der Waals surface area contributed by atoms with E-state index in [4.69, 9.17) is 10.00 Å². The van der Waals surface area contributed by atoms with Gasteiger partial charge in [0.25, 0.3) is 0 Å². The van der Waals surface area contributed by atoms with Gasteiger partial charge in [-0.1, -0.05) is 6.07 Å². The summed E-state index contributed by atoms with van der Waals surface area (Å²) in [7, 11) is 0. The number of rotatable bonds is 2. The molecule has 90 valence electrons. The van der Waals surface area contributed by atoms with Crippen molar-refractivity contribution in [3.63, 3.8) is 0 Å². The number of nitriles is 1. The standard InChI is InChI=1S/C15H19NO/c1-10-7-11(2)12(3)15(8-10)17-14-6-4-5-13(14)9-16/h7-8,13-14H,4-6H2,1-3H3. The fourth-order valence-corrected chi connectivity index (χ4v) is 2.50. The molecule has 0 amide bonds. The third-order valence-corrected chi connectivity index (χ3v) is 3.66. The summed E-state index contributed by atoms with van der Waals surface area (Å²) in [5.41, 5.74) is 3.67. The summed E-state index contributed by atoms with van der Waals surface area (Å²) >= 11 is 0. The van der Waals surface area contributed by atoms with E-state index in [2.05, 4.69) is 39.0 Å². The fraction of sp³-hybridized carbons (Fsp3) is 0.533. The van der Waals surface area contributed by atoms with Crippen LogP contribution in [0.25, 0.3) is 0 Å². The van der Waals surface area contributed by atoms with Crippen LogP contribution in [0.1, 0.15) is 36.0 Å². The van der Waals surface area contributed by atoms with E-state index in [-0.39, 0.29) is 12.0 Å². The molecule has 0 aliphatic heterocycles. The molecule has 0 N–H and O–H groups in total. The molecule has 0 radical (unpaired) electrons. The highest BCUT2D eigenvalue weighted by molar-refractivity contribution is 5.42. The summed E-state index contributed by atoms with van der Waals surface area (Å²) in [6.45, 7) is 6.27. The Bertz CT molecular complexity index is 459. The van der Waals surface area contributed by atoms with E-state index in [0.717, 1.165) is 25.0 Å². The lowest BCUT2D eigenvalue weighted by atomic mass is 10.0. The van der Waals surface area contributed by atoms with Crippen molar-refractivity contribution < 1.29 is 4.74 Å². The fourth-order valence-electron chi connectivity index (χ4n) is 2.50. The zero-order valence-corrected chi connectivity index (χ0v) is 10.8. The van der Waals surface area contributed by atoms with Crippen LogP contribution in [0.2, 0.25) is 0 Å². The first-order chi connectivity index (χ1) is 8.11. The van der Waals surface area contributed by atoms with Crippen molar-refractivity contribution in [1.29, 1.82) is 5.26 Å². The molecule has 1 aliphatic carbocycles. The number of ether oxygens (including phenoxy) is 1. The van der Waals surface area contributed by atoms with Gasteiger partial charge >= 0.3 is 0 Å². The van der Waals surface area contributed by atoms with Crippen molar-refractivity contribution in [2.45, 2.75) is 46.1 Å². The van der Waals surface area contributed by atoms with Crippen LogP contribution in [0.5, 0.6) is 5.75 Å². The molecule has 2 heteroatoms. The molecule has 1 aliphatic rings. The monoisotopic (exact) mass is 229 g/mol. The van der Waals surface area contributed by atoms with Gasteiger partial charge in [-0.15, -0.1) is 0 Å². The van der Waals surface area contributed by atoms with Gasteiger partial charge in [0.1, 0.15) is 11.9 Å². The van der Waals surface area contributed by atoms with Crippen LogP contribution in [0.15, 0.2) is 12.1 Å². The highest BCUT2D eigenvalue weighted by atomic mass is 16.5. The average molecular weight is 229 g/mol. The minimum absolute atomic E-state index is 0.0650. The third kappa shape index (κ3) is 2.44. The molecule has 2 nitrogen and oxygen atoms in total. The number of hydrogen-bond donors (Lipinski definition) is 0. The van der Waals surface area contributed by atoms with E-state index >= 15 is 0 Å². The first-order valence-corrected chi connectivity index (χ1v) is 6.26. The molecule has 2 atom stereocenters. The third-order valence-electron chi connectivity index (χ3n) is 3.66. The predicted octanol–water partition coefficient (Wildman–Crippen LogP) is 3.68. The molecular weight excluding hydrogens is 210 g/mol. The number of nitrogens with zero attached hydrogens (tertiary/aromatic N) is 1. The lowest BCUT2D eigenvalue weighted by molar-refractivity contribution is 0.181. The van der Waals surface area contributed by atoms with E-state index < -0.39 is 0 Å². The molecule has 0 spiro atoms. The molecule has 17 heavy (non-hydrogen) atoms. The molecule has 0 aromatic heterocycles. The van der Waals surface area contributed by atoms with Gasteiger partial charge in [-0.2, -0.15) is 5.26 Å². The Balaban J connectivity index is 2.22. The zero-order valence-electron chi connectivity index (χ0n) is 10.8. The van der Waals surface area contributed by atoms with Gasteiger partial charge in [0, 0.05) is 0 Å². The van der Waals surface area contributed by atoms with Gasteiger partial charge < -0.3 is 4.74 Å². The Morgan fingerprint density at radius 3 is 2.71 bits per heavy atom. The Morgan fingerprint density at radius 1 is 1.24 bits per heavy atom. The van der Waals surface area contributed by atoms with Crippen LogP contribution in [0.4, 0.5) is 0 Å². The molecule has 2 rings (SSSR count). The van der Waals surface area contributed by atoms with Gasteiger partial charge in [-0.05, 0) is 62.8 Å². The molecule has 2 unspecified atom stereocenters. The second kappa shape index (κ2) is 4.79. The number of benzene rings is 1. The van der Waals surface area contributed by atoms with Gasteiger partial charge in [0.05, 0.1) is 12.0 Å². The molecule has 1 aromatic rings.